The Morgan fingerprint density at radius 2 is 1.74 bits per heavy atom. The summed E-state index contributed by atoms with van der Waals surface area (Å²) in [5, 5.41) is 3.36. The second kappa shape index (κ2) is 11.2. The lowest BCUT2D eigenvalue weighted by Crippen LogP contribution is -2.41. The van der Waals surface area contributed by atoms with Gasteiger partial charge in [0.05, 0.1) is 18.8 Å². The second-order valence-corrected chi connectivity index (χ2v) is 10.9. The largest absolute Gasteiger partial charge is 0.495 e. The summed E-state index contributed by atoms with van der Waals surface area (Å²) in [6, 6.07) is 18.8. The molecule has 3 aromatic carbocycles. The number of sulfonamides is 1. The molecule has 0 saturated heterocycles. The monoisotopic (exact) mass is 518 g/mol. The van der Waals surface area contributed by atoms with Crippen molar-refractivity contribution < 1.29 is 17.9 Å². The Morgan fingerprint density at radius 1 is 1.09 bits per heavy atom. The highest BCUT2D eigenvalue weighted by molar-refractivity contribution is 7.98. The summed E-state index contributed by atoms with van der Waals surface area (Å²) in [6.07, 6.45) is 2.00. The molecule has 0 spiro atoms. The highest BCUT2D eigenvalue weighted by atomic mass is 35.5. The van der Waals surface area contributed by atoms with E-state index in [9.17, 15) is 13.2 Å². The van der Waals surface area contributed by atoms with Crippen LogP contribution in [0.5, 0.6) is 5.75 Å². The van der Waals surface area contributed by atoms with E-state index in [2.05, 4.69) is 5.32 Å². The van der Waals surface area contributed by atoms with Gasteiger partial charge in [-0.3, -0.25) is 9.10 Å². The van der Waals surface area contributed by atoms with Crippen LogP contribution < -0.4 is 14.4 Å². The van der Waals surface area contributed by atoms with Gasteiger partial charge in [-0.15, -0.1) is 11.8 Å². The first-order chi connectivity index (χ1) is 16.1. The molecule has 0 unspecified atom stereocenters. The third-order valence-electron chi connectivity index (χ3n) is 5.28. The maximum absolute atomic E-state index is 13.7. The van der Waals surface area contributed by atoms with Gasteiger partial charge in [0.1, 0.15) is 17.2 Å². The van der Waals surface area contributed by atoms with E-state index in [-0.39, 0.29) is 16.7 Å². The number of methoxy groups -OCH3 is 1. The molecule has 3 rings (SSSR count). The van der Waals surface area contributed by atoms with Crippen LogP contribution in [0.2, 0.25) is 5.02 Å². The Hall–Kier alpha value is -2.68. The SMILES string of the molecule is COc1ccc(C)cc1S(=O)(=O)N(CC(=O)N[C@@H](C)c1ccc(SC)cc1)c1ccc(Cl)cc1. The quantitative estimate of drug-likeness (QED) is 0.381. The number of amides is 1. The minimum atomic E-state index is -4.14. The number of carbonyl (C=O) groups excluding carboxylic acids is 1. The number of thioether (sulfide) groups is 1. The van der Waals surface area contributed by atoms with Gasteiger partial charge in [0.25, 0.3) is 10.0 Å². The molecule has 0 radical (unpaired) electrons. The fourth-order valence-corrected chi connectivity index (χ4v) is 5.62. The topological polar surface area (TPSA) is 75.7 Å². The Kier molecular flexibility index (Phi) is 8.52. The molecule has 0 aliphatic rings. The molecule has 1 amide bonds. The number of ether oxygens (including phenoxy) is 1. The summed E-state index contributed by atoms with van der Waals surface area (Å²) >= 11 is 7.65. The predicted molar refractivity (Wildman–Crippen MR) is 138 cm³/mol. The molecule has 0 fully saturated rings. The van der Waals surface area contributed by atoms with Gasteiger partial charge in [0.15, 0.2) is 0 Å². The van der Waals surface area contributed by atoms with Gasteiger partial charge in [0, 0.05) is 9.92 Å². The minimum absolute atomic E-state index is 0.0153. The minimum Gasteiger partial charge on any atom is -0.495 e. The number of halogens is 1. The zero-order chi connectivity index (χ0) is 24.9. The molecule has 3 aromatic rings. The molecule has 1 atom stereocenters. The third-order valence-corrected chi connectivity index (χ3v) is 8.07. The zero-order valence-corrected chi connectivity index (χ0v) is 21.8. The van der Waals surface area contributed by atoms with Crippen molar-refractivity contribution in [1.82, 2.24) is 5.32 Å². The average molecular weight is 519 g/mol. The van der Waals surface area contributed by atoms with Crippen molar-refractivity contribution in [2.45, 2.75) is 29.7 Å². The smallest absolute Gasteiger partial charge is 0.268 e. The Bertz CT molecular complexity index is 1250. The number of nitrogens with one attached hydrogen (secondary N) is 1. The Morgan fingerprint density at radius 3 is 2.32 bits per heavy atom. The van der Waals surface area contributed by atoms with E-state index in [0.717, 1.165) is 20.3 Å². The fourth-order valence-electron chi connectivity index (χ4n) is 3.42. The van der Waals surface area contributed by atoms with Crippen LogP contribution in [-0.4, -0.2) is 34.2 Å². The zero-order valence-electron chi connectivity index (χ0n) is 19.4. The highest BCUT2D eigenvalue weighted by Crippen LogP contribution is 2.31. The Labute approximate surface area is 210 Å². The summed E-state index contributed by atoms with van der Waals surface area (Å²) in [6.45, 7) is 3.24. The van der Waals surface area contributed by atoms with Crippen LogP contribution in [0.4, 0.5) is 5.69 Å². The average Bonchev–Trinajstić information content (AvgIpc) is 2.83. The van der Waals surface area contributed by atoms with Crippen LogP contribution in [0.3, 0.4) is 0 Å². The highest BCUT2D eigenvalue weighted by Gasteiger charge is 2.30. The van der Waals surface area contributed by atoms with E-state index in [1.807, 2.05) is 37.4 Å². The molecular formula is C25H27ClN2O4S2. The van der Waals surface area contributed by atoms with E-state index in [1.54, 1.807) is 55.1 Å². The molecular weight excluding hydrogens is 492 g/mol. The molecule has 180 valence electrons. The number of rotatable bonds is 9. The van der Waals surface area contributed by atoms with E-state index in [0.29, 0.717) is 10.7 Å². The van der Waals surface area contributed by atoms with Crippen molar-refractivity contribution in [3.63, 3.8) is 0 Å². The lowest BCUT2D eigenvalue weighted by Gasteiger charge is -2.26. The Balaban J connectivity index is 1.93. The molecule has 0 aliphatic carbocycles. The molecule has 0 aromatic heterocycles. The van der Waals surface area contributed by atoms with Crippen LogP contribution in [0.1, 0.15) is 24.1 Å². The molecule has 0 aliphatic heterocycles. The van der Waals surface area contributed by atoms with Crippen molar-refractivity contribution in [2.75, 3.05) is 24.2 Å². The summed E-state index contributed by atoms with van der Waals surface area (Å²) in [7, 11) is -2.73. The predicted octanol–water partition coefficient (Wildman–Crippen LogP) is 5.45. The van der Waals surface area contributed by atoms with Crippen LogP contribution >= 0.6 is 23.4 Å². The molecule has 0 bridgehead atoms. The van der Waals surface area contributed by atoms with Gasteiger partial charge in [-0.05, 0) is 79.8 Å². The first-order valence-electron chi connectivity index (χ1n) is 10.5. The molecule has 1 N–H and O–H groups in total. The number of hydrogen-bond acceptors (Lipinski definition) is 5. The van der Waals surface area contributed by atoms with Crippen LogP contribution in [-0.2, 0) is 14.8 Å². The number of hydrogen-bond donors (Lipinski definition) is 1. The first kappa shape index (κ1) is 25.9. The molecule has 0 heterocycles. The fraction of sp³-hybridized carbons (Fsp3) is 0.240. The number of carbonyl (C=O) groups is 1. The van der Waals surface area contributed by atoms with E-state index >= 15 is 0 Å². The maximum atomic E-state index is 13.7. The summed E-state index contributed by atoms with van der Waals surface area (Å²) in [4.78, 5) is 14.1. The van der Waals surface area contributed by atoms with Crippen molar-refractivity contribution in [3.05, 3.63) is 82.9 Å². The van der Waals surface area contributed by atoms with E-state index in [1.165, 1.54) is 13.2 Å². The lowest BCUT2D eigenvalue weighted by atomic mass is 10.1. The van der Waals surface area contributed by atoms with Gasteiger partial charge in [-0.2, -0.15) is 0 Å². The van der Waals surface area contributed by atoms with Gasteiger partial charge in [-0.25, -0.2) is 8.42 Å². The first-order valence-corrected chi connectivity index (χ1v) is 13.6. The van der Waals surface area contributed by atoms with Crippen LogP contribution in [0.15, 0.2) is 76.5 Å². The number of aryl methyl sites for hydroxylation is 1. The van der Waals surface area contributed by atoms with Gasteiger partial charge < -0.3 is 10.1 Å². The molecule has 9 heteroatoms. The maximum Gasteiger partial charge on any atom is 0.268 e. The summed E-state index contributed by atoms with van der Waals surface area (Å²) < 4.78 is 33.9. The molecule has 34 heavy (non-hydrogen) atoms. The van der Waals surface area contributed by atoms with Gasteiger partial charge in [0.2, 0.25) is 5.91 Å². The van der Waals surface area contributed by atoms with Crippen molar-refractivity contribution in [1.29, 1.82) is 0 Å². The number of nitrogens with zero attached hydrogens (tertiary/aromatic N) is 1. The van der Waals surface area contributed by atoms with Gasteiger partial charge >= 0.3 is 0 Å². The molecule has 0 saturated carbocycles. The summed E-state index contributed by atoms with van der Waals surface area (Å²) in [5.74, 6) is -0.237. The number of anilines is 1. The summed E-state index contributed by atoms with van der Waals surface area (Å²) in [5.41, 5.74) is 2.00. The lowest BCUT2D eigenvalue weighted by molar-refractivity contribution is -0.120. The van der Waals surface area contributed by atoms with Crippen molar-refractivity contribution >= 4 is 45.0 Å². The standard InChI is InChI=1S/C25H27ClN2O4S2/c1-17-5-14-23(32-3)24(15-17)34(30,31)28(21-10-8-20(26)9-11-21)16-25(29)27-18(2)19-6-12-22(33-4)13-7-19/h5-15,18H,16H2,1-4H3,(H,27,29)/t18-/m0/s1. The molecule has 6 nitrogen and oxygen atoms in total. The van der Waals surface area contributed by atoms with Crippen molar-refractivity contribution in [2.24, 2.45) is 0 Å². The number of benzene rings is 3. The van der Waals surface area contributed by atoms with E-state index < -0.39 is 22.5 Å². The van der Waals surface area contributed by atoms with Gasteiger partial charge in [-0.1, -0.05) is 29.8 Å². The normalized spacial score (nSPS) is 12.1. The van der Waals surface area contributed by atoms with Crippen LogP contribution in [0, 0.1) is 6.92 Å². The third kappa shape index (κ3) is 6.05. The van der Waals surface area contributed by atoms with Crippen LogP contribution in [0.25, 0.3) is 0 Å². The van der Waals surface area contributed by atoms with Crippen molar-refractivity contribution in [3.8, 4) is 5.75 Å². The second-order valence-electron chi connectivity index (χ2n) is 7.70. The van der Waals surface area contributed by atoms with E-state index in [4.69, 9.17) is 16.3 Å².